The number of nitrogens with two attached hydrogens (primary N) is 1. The summed E-state index contributed by atoms with van der Waals surface area (Å²) in [6, 6.07) is 2.44. The van der Waals surface area contributed by atoms with Crippen LogP contribution >= 0.6 is 0 Å². The third-order valence-corrected chi connectivity index (χ3v) is 1.64. The van der Waals surface area contributed by atoms with Gasteiger partial charge < -0.3 is 10.8 Å². The maximum absolute atomic E-state index is 12.7. The smallest absolute Gasteiger partial charge is 0.183 e. The summed E-state index contributed by atoms with van der Waals surface area (Å²) in [5, 5.41) is 9.21. The first-order chi connectivity index (χ1) is 6.02. The number of rotatable bonds is 2. The standard InChI is InChI=1S/C9H10FNO2/c1-5(11)9(13)7-4-6(10)2-3-8(7)12/h2-5,12H,11H2,1H3. The Kier molecular flexibility index (Phi) is 2.63. The molecular weight excluding hydrogens is 173 g/mol. The van der Waals surface area contributed by atoms with Crippen LogP contribution < -0.4 is 5.73 Å². The first-order valence-corrected chi connectivity index (χ1v) is 3.80. The number of hydrogen-bond donors (Lipinski definition) is 2. The molecule has 0 aliphatic rings. The van der Waals surface area contributed by atoms with E-state index in [2.05, 4.69) is 0 Å². The number of hydrogen-bond acceptors (Lipinski definition) is 3. The van der Waals surface area contributed by atoms with Crippen molar-refractivity contribution in [3.8, 4) is 5.75 Å². The Bertz CT molecular complexity index is 336. The second kappa shape index (κ2) is 3.53. The lowest BCUT2D eigenvalue weighted by Crippen LogP contribution is -2.26. The van der Waals surface area contributed by atoms with E-state index in [0.29, 0.717) is 0 Å². The lowest BCUT2D eigenvalue weighted by Gasteiger charge is -2.05. The van der Waals surface area contributed by atoms with Crippen molar-refractivity contribution in [3.05, 3.63) is 29.6 Å². The van der Waals surface area contributed by atoms with Gasteiger partial charge in [-0.15, -0.1) is 0 Å². The van der Waals surface area contributed by atoms with Gasteiger partial charge in [0.05, 0.1) is 11.6 Å². The SMILES string of the molecule is CC(N)C(=O)c1cc(F)ccc1O. The van der Waals surface area contributed by atoms with Gasteiger partial charge in [-0.05, 0) is 25.1 Å². The molecule has 70 valence electrons. The third-order valence-electron chi connectivity index (χ3n) is 1.64. The van der Waals surface area contributed by atoms with E-state index < -0.39 is 17.6 Å². The highest BCUT2D eigenvalue weighted by molar-refractivity contribution is 6.01. The molecule has 0 amide bonds. The highest BCUT2D eigenvalue weighted by Crippen LogP contribution is 2.18. The van der Waals surface area contributed by atoms with Gasteiger partial charge in [0.1, 0.15) is 11.6 Å². The molecule has 0 saturated carbocycles. The van der Waals surface area contributed by atoms with Crippen LogP contribution in [-0.4, -0.2) is 16.9 Å². The molecule has 1 rings (SSSR count). The molecule has 0 aliphatic heterocycles. The minimum absolute atomic E-state index is 0.0741. The van der Waals surface area contributed by atoms with Crippen LogP contribution in [0.1, 0.15) is 17.3 Å². The van der Waals surface area contributed by atoms with Crippen molar-refractivity contribution in [2.24, 2.45) is 5.73 Å². The normalized spacial score (nSPS) is 12.5. The largest absolute Gasteiger partial charge is 0.507 e. The van der Waals surface area contributed by atoms with E-state index in [0.717, 1.165) is 18.2 Å². The Morgan fingerprint density at radius 2 is 2.23 bits per heavy atom. The third kappa shape index (κ3) is 2.03. The number of halogens is 1. The van der Waals surface area contributed by atoms with Gasteiger partial charge in [-0.3, -0.25) is 4.79 Å². The first-order valence-electron chi connectivity index (χ1n) is 3.80. The number of phenolic OH excluding ortho intramolecular Hbond substituents is 1. The Balaban J connectivity index is 3.13. The number of benzene rings is 1. The van der Waals surface area contributed by atoms with Gasteiger partial charge in [0.25, 0.3) is 0 Å². The van der Waals surface area contributed by atoms with Crippen molar-refractivity contribution < 1.29 is 14.3 Å². The van der Waals surface area contributed by atoms with Crippen molar-refractivity contribution >= 4 is 5.78 Å². The van der Waals surface area contributed by atoms with Crippen molar-refractivity contribution in [1.82, 2.24) is 0 Å². The fraction of sp³-hybridized carbons (Fsp3) is 0.222. The molecule has 0 aliphatic carbocycles. The van der Waals surface area contributed by atoms with Crippen LogP contribution in [0.4, 0.5) is 4.39 Å². The topological polar surface area (TPSA) is 63.3 Å². The summed E-state index contributed by atoms with van der Waals surface area (Å²) < 4.78 is 12.7. The highest BCUT2D eigenvalue weighted by atomic mass is 19.1. The van der Waals surface area contributed by atoms with E-state index in [1.54, 1.807) is 0 Å². The highest BCUT2D eigenvalue weighted by Gasteiger charge is 2.15. The summed E-state index contributed by atoms with van der Waals surface area (Å²) in [6.45, 7) is 1.48. The summed E-state index contributed by atoms with van der Waals surface area (Å²) >= 11 is 0. The molecule has 0 radical (unpaired) electrons. The number of aromatic hydroxyl groups is 1. The average Bonchev–Trinajstić information content (AvgIpc) is 2.08. The van der Waals surface area contributed by atoms with Crippen LogP contribution in [0.5, 0.6) is 5.75 Å². The van der Waals surface area contributed by atoms with Crippen molar-refractivity contribution in [1.29, 1.82) is 0 Å². The maximum atomic E-state index is 12.7. The van der Waals surface area contributed by atoms with E-state index >= 15 is 0 Å². The second-order valence-electron chi connectivity index (χ2n) is 2.81. The van der Waals surface area contributed by atoms with Gasteiger partial charge in [-0.1, -0.05) is 0 Å². The van der Waals surface area contributed by atoms with Crippen LogP contribution in [0.15, 0.2) is 18.2 Å². The molecular formula is C9H10FNO2. The summed E-state index contributed by atoms with van der Waals surface area (Å²) in [7, 11) is 0. The quantitative estimate of drug-likeness (QED) is 0.674. The van der Waals surface area contributed by atoms with Gasteiger partial charge >= 0.3 is 0 Å². The average molecular weight is 183 g/mol. The number of Topliss-reactive ketones (excluding diaryl/α,β-unsaturated/α-hetero) is 1. The summed E-state index contributed by atoms with van der Waals surface area (Å²) in [6.07, 6.45) is 0. The number of phenols is 1. The molecule has 1 unspecified atom stereocenters. The molecule has 0 fully saturated rings. The van der Waals surface area contributed by atoms with Crippen molar-refractivity contribution in [2.75, 3.05) is 0 Å². The molecule has 4 heteroatoms. The van der Waals surface area contributed by atoms with Gasteiger partial charge in [-0.2, -0.15) is 0 Å². The van der Waals surface area contributed by atoms with Crippen molar-refractivity contribution in [3.63, 3.8) is 0 Å². The molecule has 3 N–H and O–H groups in total. The fourth-order valence-electron chi connectivity index (χ4n) is 0.951. The number of carbonyl (C=O) groups excluding carboxylic acids is 1. The van der Waals surface area contributed by atoms with Gasteiger partial charge in [-0.25, -0.2) is 4.39 Å². The summed E-state index contributed by atoms with van der Waals surface area (Å²) in [4.78, 5) is 11.3. The second-order valence-corrected chi connectivity index (χ2v) is 2.81. The zero-order valence-electron chi connectivity index (χ0n) is 7.12. The fourth-order valence-corrected chi connectivity index (χ4v) is 0.951. The Morgan fingerprint density at radius 3 is 2.77 bits per heavy atom. The lowest BCUT2D eigenvalue weighted by molar-refractivity contribution is 0.0965. The minimum atomic E-state index is -0.743. The van der Waals surface area contributed by atoms with E-state index in [4.69, 9.17) is 5.73 Å². The molecule has 1 aromatic carbocycles. The molecule has 1 atom stereocenters. The van der Waals surface area contributed by atoms with E-state index in [1.807, 2.05) is 0 Å². The summed E-state index contributed by atoms with van der Waals surface area (Å²) in [5.41, 5.74) is 5.23. The first kappa shape index (κ1) is 9.67. The molecule has 0 heterocycles. The van der Waals surface area contributed by atoms with E-state index in [1.165, 1.54) is 6.92 Å². The Labute approximate surface area is 75.0 Å². The lowest BCUT2D eigenvalue weighted by atomic mass is 10.1. The maximum Gasteiger partial charge on any atom is 0.183 e. The zero-order valence-corrected chi connectivity index (χ0v) is 7.12. The van der Waals surface area contributed by atoms with E-state index in [-0.39, 0.29) is 11.3 Å². The summed E-state index contributed by atoms with van der Waals surface area (Å²) in [5.74, 6) is -1.29. The van der Waals surface area contributed by atoms with Crippen LogP contribution in [0.3, 0.4) is 0 Å². The van der Waals surface area contributed by atoms with E-state index in [9.17, 15) is 14.3 Å². The molecule has 0 aromatic heterocycles. The number of ketones is 1. The Morgan fingerprint density at radius 1 is 1.62 bits per heavy atom. The monoisotopic (exact) mass is 183 g/mol. The molecule has 13 heavy (non-hydrogen) atoms. The predicted molar refractivity (Wildman–Crippen MR) is 46.0 cm³/mol. The van der Waals surface area contributed by atoms with Gasteiger partial charge in [0.15, 0.2) is 5.78 Å². The van der Waals surface area contributed by atoms with Gasteiger partial charge in [0, 0.05) is 0 Å². The minimum Gasteiger partial charge on any atom is -0.507 e. The molecule has 0 saturated heterocycles. The Hall–Kier alpha value is -1.42. The molecule has 3 nitrogen and oxygen atoms in total. The molecule has 0 spiro atoms. The van der Waals surface area contributed by atoms with Crippen LogP contribution in [0, 0.1) is 5.82 Å². The van der Waals surface area contributed by atoms with Crippen LogP contribution in [0.2, 0.25) is 0 Å². The molecule has 0 bridgehead atoms. The van der Waals surface area contributed by atoms with Gasteiger partial charge in [0.2, 0.25) is 0 Å². The van der Waals surface area contributed by atoms with Crippen LogP contribution in [-0.2, 0) is 0 Å². The zero-order chi connectivity index (χ0) is 10.0. The van der Waals surface area contributed by atoms with Crippen LogP contribution in [0.25, 0.3) is 0 Å². The van der Waals surface area contributed by atoms with Crippen molar-refractivity contribution in [2.45, 2.75) is 13.0 Å². The molecule has 1 aromatic rings. The predicted octanol–water partition coefficient (Wildman–Crippen LogP) is 1.06. The number of carbonyl (C=O) groups is 1.